The van der Waals surface area contributed by atoms with Crippen LogP contribution in [0, 0.1) is 0 Å². The first-order valence-electron chi connectivity index (χ1n) is 6.30. The van der Waals surface area contributed by atoms with Crippen LogP contribution in [0.4, 0.5) is 11.4 Å². The van der Waals surface area contributed by atoms with Crippen molar-refractivity contribution in [3.05, 3.63) is 36.4 Å². The molecule has 1 aromatic rings. The fourth-order valence-electron chi connectivity index (χ4n) is 1.27. The molecule has 0 unspecified atom stereocenters. The fraction of sp³-hybridized carbons (Fsp3) is 0.308. The Morgan fingerprint density at radius 2 is 1.95 bits per heavy atom. The Kier molecular flexibility index (Phi) is 6.20. The van der Waals surface area contributed by atoms with E-state index in [4.69, 9.17) is 0 Å². The summed E-state index contributed by atoms with van der Waals surface area (Å²) in [5.74, 6) is -0.804. The van der Waals surface area contributed by atoms with Gasteiger partial charge in [-0.25, -0.2) is 8.42 Å². The molecular formula is C13H17N4O4S-. The number of benzene rings is 1. The maximum absolute atomic E-state index is 11.4. The van der Waals surface area contributed by atoms with E-state index in [0.717, 1.165) is 0 Å². The summed E-state index contributed by atoms with van der Waals surface area (Å²) in [7, 11) is -2.76. The van der Waals surface area contributed by atoms with Crippen LogP contribution in [0.1, 0.15) is 6.92 Å². The monoisotopic (exact) mass is 325 g/mol. The smallest absolute Gasteiger partial charge is 0.250 e. The second kappa shape index (κ2) is 7.66. The largest absolute Gasteiger partial charge is 0.748 e. The standard InChI is InChI=1S/C13H18N4O4S/c1-10(2)13(18)14-11-4-6-12(7-5-11)15-16-17(3)8-9-22(19,20)21/h4-7H,1,8-9H2,2-3H3,(H,14,18)(H,19,20,21)/p-1. The van der Waals surface area contributed by atoms with Crippen molar-refractivity contribution in [2.24, 2.45) is 10.3 Å². The highest BCUT2D eigenvalue weighted by Gasteiger charge is 2.02. The first-order valence-corrected chi connectivity index (χ1v) is 7.88. The van der Waals surface area contributed by atoms with Gasteiger partial charge in [0.2, 0.25) is 0 Å². The lowest BCUT2D eigenvalue weighted by Gasteiger charge is -2.12. The van der Waals surface area contributed by atoms with Gasteiger partial charge in [-0.2, -0.15) is 0 Å². The summed E-state index contributed by atoms with van der Waals surface area (Å²) in [5, 5.41) is 11.6. The number of carbonyl (C=O) groups is 1. The number of carbonyl (C=O) groups excluding carboxylic acids is 1. The van der Waals surface area contributed by atoms with E-state index in [0.29, 0.717) is 16.9 Å². The third-order valence-electron chi connectivity index (χ3n) is 2.49. The number of rotatable bonds is 7. The maximum Gasteiger partial charge on any atom is 0.250 e. The molecule has 0 bridgehead atoms. The van der Waals surface area contributed by atoms with Gasteiger partial charge in [0, 0.05) is 18.3 Å². The number of amides is 1. The van der Waals surface area contributed by atoms with Crippen LogP contribution in [-0.2, 0) is 14.9 Å². The molecule has 1 aromatic carbocycles. The van der Waals surface area contributed by atoms with Gasteiger partial charge in [0.15, 0.2) is 0 Å². The van der Waals surface area contributed by atoms with Crippen LogP contribution in [0.5, 0.6) is 0 Å². The topological polar surface area (TPSA) is 114 Å². The van der Waals surface area contributed by atoms with E-state index in [9.17, 15) is 17.8 Å². The summed E-state index contributed by atoms with van der Waals surface area (Å²) in [6.45, 7) is 5.10. The van der Waals surface area contributed by atoms with Crippen molar-refractivity contribution in [3.8, 4) is 0 Å². The second-order valence-corrected chi connectivity index (χ2v) is 6.14. The number of nitrogens with zero attached hydrogens (tertiary/aromatic N) is 3. The minimum Gasteiger partial charge on any atom is -0.748 e. The second-order valence-electron chi connectivity index (χ2n) is 4.61. The molecule has 1 amide bonds. The molecule has 0 saturated carbocycles. The van der Waals surface area contributed by atoms with E-state index in [1.165, 1.54) is 12.1 Å². The van der Waals surface area contributed by atoms with Gasteiger partial charge in [-0.15, -0.1) is 5.11 Å². The highest BCUT2D eigenvalue weighted by atomic mass is 32.2. The summed E-state index contributed by atoms with van der Waals surface area (Å²) in [6.07, 6.45) is 0. The summed E-state index contributed by atoms with van der Waals surface area (Å²) in [6, 6.07) is 6.57. The zero-order chi connectivity index (χ0) is 16.8. The van der Waals surface area contributed by atoms with E-state index < -0.39 is 15.9 Å². The van der Waals surface area contributed by atoms with Gasteiger partial charge in [0.05, 0.1) is 28.1 Å². The van der Waals surface area contributed by atoms with Crippen LogP contribution >= 0.6 is 0 Å². The van der Waals surface area contributed by atoms with E-state index in [1.807, 2.05) is 0 Å². The van der Waals surface area contributed by atoms with Crippen molar-refractivity contribution in [1.29, 1.82) is 0 Å². The molecule has 0 spiro atoms. The predicted molar refractivity (Wildman–Crippen MR) is 81.6 cm³/mol. The summed E-state index contributed by atoms with van der Waals surface area (Å²) in [4.78, 5) is 11.4. The SMILES string of the molecule is C=C(C)C(=O)Nc1ccc(N=NN(C)CCS(=O)(=O)[O-])cc1. The van der Waals surface area contributed by atoms with Crippen molar-refractivity contribution in [1.82, 2.24) is 5.01 Å². The molecule has 9 heteroatoms. The van der Waals surface area contributed by atoms with Crippen molar-refractivity contribution >= 4 is 27.4 Å². The van der Waals surface area contributed by atoms with Gasteiger partial charge < -0.3 is 9.87 Å². The summed E-state index contributed by atoms with van der Waals surface area (Å²) < 4.78 is 31.5. The van der Waals surface area contributed by atoms with E-state index >= 15 is 0 Å². The Labute approximate surface area is 129 Å². The quantitative estimate of drug-likeness (QED) is 0.354. The van der Waals surface area contributed by atoms with Gasteiger partial charge in [-0.05, 0) is 31.2 Å². The zero-order valence-corrected chi connectivity index (χ0v) is 13.1. The first-order chi connectivity index (χ1) is 10.2. The Bertz CT molecular complexity index is 668. The number of nitrogens with one attached hydrogen (secondary N) is 1. The molecule has 0 saturated heterocycles. The molecule has 8 nitrogen and oxygen atoms in total. The third-order valence-corrected chi connectivity index (χ3v) is 3.17. The number of hydrogen-bond acceptors (Lipinski definition) is 6. The van der Waals surface area contributed by atoms with Gasteiger partial charge in [-0.3, -0.25) is 9.80 Å². The van der Waals surface area contributed by atoms with Crippen LogP contribution < -0.4 is 5.32 Å². The van der Waals surface area contributed by atoms with Crippen molar-refractivity contribution < 1.29 is 17.8 Å². The molecule has 0 aliphatic heterocycles. The molecule has 0 radical (unpaired) electrons. The minimum absolute atomic E-state index is 0.0396. The number of hydrogen-bond donors (Lipinski definition) is 1. The molecule has 0 atom stereocenters. The average molecular weight is 325 g/mol. The average Bonchev–Trinajstić information content (AvgIpc) is 2.43. The van der Waals surface area contributed by atoms with Gasteiger partial charge in [0.25, 0.3) is 5.91 Å². The molecule has 0 heterocycles. The van der Waals surface area contributed by atoms with Crippen LogP contribution in [0.15, 0.2) is 46.8 Å². The number of anilines is 1. The minimum atomic E-state index is -4.27. The molecule has 120 valence electrons. The van der Waals surface area contributed by atoms with E-state index in [2.05, 4.69) is 22.2 Å². The van der Waals surface area contributed by atoms with Crippen LogP contribution in [0.3, 0.4) is 0 Å². The molecule has 0 fully saturated rings. The highest BCUT2D eigenvalue weighted by Crippen LogP contribution is 2.17. The maximum atomic E-state index is 11.4. The first kappa shape index (κ1) is 17.8. The molecule has 0 aliphatic carbocycles. The van der Waals surface area contributed by atoms with Crippen LogP contribution in [-0.4, -0.2) is 43.2 Å². The van der Waals surface area contributed by atoms with Crippen molar-refractivity contribution in [2.75, 3.05) is 24.7 Å². The molecule has 22 heavy (non-hydrogen) atoms. The van der Waals surface area contributed by atoms with E-state index in [-0.39, 0.29) is 12.5 Å². The molecule has 0 aliphatic rings. The zero-order valence-electron chi connectivity index (χ0n) is 12.3. The fourth-order valence-corrected chi connectivity index (χ4v) is 1.75. The predicted octanol–water partition coefficient (Wildman–Crippen LogP) is 1.68. The summed E-state index contributed by atoms with van der Waals surface area (Å²) >= 11 is 0. The molecular weight excluding hydrogens is 308 g/mol. The Hall–Kier alpha value is -2.26. The third kappa shape index (κ3) is 6.95. The molecule has 1 rings (SSSR count). The van der Waals surface area contributed by atoms with Crippen molar-refractivity contribution in [2.45, 2.75) is 6.92 Å². The van der Waals surface area contributed by atoms with Gasteiger partial charge >= 0.3 is 0 Å². The summed E-state index contributed by atoms with van der Waals surface area (Å²) in [5.41, 5.74) is 1.52. The molecule has 1 N–H and O–H groups in total. The van der Waals surface area contributed by atoms with Gasteiger partial charge in [-0.1, -0.05) is 11.8 Å². The lowest BCUT2D eigenvalue weighted by atomic mass is 10.2. The van der Waals surface area contributed by atoms with Crippen LogP contribution in [0.25, 0.3) is 0 Å². The normalized spacial score (nSPS) is 11.4. The lowest BCUT2D eigenvalue weighted by molar-refractivity contribution is -0.112. The van der Waals surface area contributed by atoms with Gasteiger partial charge in [0.1, 0.15) is 0 Å². The van der Waals surface area contributed by atoms with Crippen molar-refractivity contribution in [3.63, 3.8) is 0 Å². The van der Waals surface area contributed by atoms with E-state index in [1.54, 1.807) is 31.2 Å². The van der Waals surface area contributed by atoms with Crippen LogP contribution in [0.2, 0.25) is 0 Å². The highest BCUT2D eigenvalue weighted by molar-refractivity contribution is 7.85. The Morgan fingerprint density at radius 3 is 2.45 bits per heavy atom. The molecule has 0 aromatic heterocycles. The Morgan fingerprint density at radius 1 is 1.36 bits per heavy atom. The lowest BCUT2D eigenvalue weighted by Crippen LogP contribution is -2.20. The Balaban J connectivity index is 2.58.